The molecule has 0 fully saturated rings. The first-order valence-electron chi connectivity index (χ1n) is 9.32. The summed E-state index contributed by atoms with van der Waals surface area (Å²) in [6, 6.07) is 9.93. The number of nitrogens with one attached hydrogen (secondary N) is 3. The SMILES string of the molecule is O=C(CN1C(=O)C(NC(=O)c2cc3cc(Cl)sc3[nH]2)Cc2ccccc21)NCCO. The first-order chi connectivity index (χ1) is 14.5. The average molecular weight is 447 g/mol. The number of halogens is 1. The summed E-state index contributed by atoms with van der Waals surface area (Å²) >= 11 is 7.30. The van der Waals surface area contributed by atoms with Crippen LogP contribution in [0.4, 0.5) is 5.69 Å². The van der Waals surface area contributed by atoms with E-state index in [0.29, 0.717) is 22.1 Å². The van der Waals surface area contributed by atoms with Crippen LogP contribution in [-0.4, -0.2) is 53.6 Å². The van der Waals surface area contributed by atoms with E-state index in [1.165, 1.54) is 16.2 Å². The van der Waals surface area contributed by atoms with Crippen molar-refractivity contribution in [2.45, 2.75) is 12.5 Å². The zero-order valence-corrected chi connectivity index (χ0v) is 17.3. The van der Waals surface area contributed by atoms with Crippen molar-refractivity contribution in [3.8, 4) is 0 Å². The molecule has 0 saturated heterocycles. The van der Waals surface area contributed by atoms with E-state index in [-0.39, 0.29) is 31.5 Å². The number of aromatic amines is 1. The molecule has 1 aliphatic heterocycles. The molecule has 0 spiro atoms. The summed E-state index contributed by atoms with van der Waals surface area (Å²) in [4.78, 5) is 43.2. The van der Waals surface area contributed by atoms with Crippen LogP contribution in [-0.2, 0) is 16.0 Å². The molecule has 156 valence electrons. The van der Waals surface area contributed by atoms with Gasteiger partial charge in [0.2, 0.25) is 11.8 Å². The Morgan fingerprint density at radius 1 is 1.30 bits per heavy atom. The highest BCUT2D eigenvalue weighted by molar-refractivity contribution is 7.22. The van der Waals surface area contributed by atoms with Crippen molar-refractivity contribution in [2.24, 2.45) is 0 Å². The van der Waals surface area contributed by atoms with E-state index >= 15 is 0 Å². The molecule has 0 radical (unpaired) electrons. The molecule has 0 saturated carbocycles. The zero-order chi connectivity index (χ0) is 21.3. The van der Waals surface area contributed by atoms with Gasteiger partial charge in [0.1, 0.15) is 23.1 Å². The molecule has 10 heteroatoms. The molecule has 4 N–H and O–H groups in total. The lowest BCUT2D eigenvalue weighted by atomic mass is 9.97. The molecule has 1 unspecified atom stereocenters. The van der Waals surface area contributed by atoms with Crippen molar-refractivity contribution >= 4 is 56.6 Å². The van der Waals surface area contributed by atoms with Crippen LogP contribution in [0.3, 0.4) is 0 Å². The fraction of sp³-hybridized carbons (Fsp3) is 0.250. The second kappa shape index (κ2) is 8.47. The second-order valence-electron chi connectivity index (χ2n) is 6.87. The first kappa shape index (κ1) is 20.4. The van der Waals surface area contributed by atoms with Gasteiger partial charge in [0.15, 0.2) is 0 Å². The van der Waals surface area contributed by atoms with Gasteiger partial charge in [-0.25, -0.2) is 0 Å². The van der Waals surface area contributed by atoms with E-state index in [2.05, 4.69) is 15.6 Å². The number of anilines is 1. The lowest BCUT2D eigenvalue weighted by Gasteiger charge is -2.34. The largest absolute Gasteiger partial charge is 0.395 e. The molecule has 3 aromatic rings. The fourth-order valence-corrected chi connectivity index (χ4v) is 4.61. The Morgan fingerprint density at radius 3 is 2.87 bits per heavy atom. The minimum absolute atomic E-state index is 0.108. The van der Waals surface area contributed by atoms with Gasteiger partial charge in [-0.15, -0.1) is 11.3 Å². The van der Waals surface area contributed by atoms with Crippen LogP contribution in [0.2, 0.25) is 4.34 Å². The molecule has 4 rings (SSSR count). The lowest BCUT2D eigenvalue weighted by Crippen LogP contribution is -2.55. The van der Waals surface area contributed by atoms with Crippen LogP contribution in [0.25, 0.3) is 10.2 Å². The van der Waals surface area contributed by atoms with Gasteiger partial charge in [-0.1, -0.05) is 29.8 Å². The Hall–Kier alpha value is -2.88. The molecule has 1 aliphatic rings. The summed E-state index contributed by atoms with van der Waals surface area (Å²) in [5, 5.41) is 15.0. The Morgan fingerprint density at radius 2 is 2.10 bits per heavy atom. The Kier molecular flexibility index (Phi) is 5.76. The number of fused-ring (bicyclic) bond motifs is 2. The molecule has 3 heterocycles. The Balaban J connectivity index is 1.54. The van der Waals surface area contributed by atoms with Gasteiger partial charge in [-0.2, -0.15) is 0 Å². The van der Waals surface area contributed by atoms with E-state index in [0.717, 1.165) is 15.8 Å². The summed E-state index contributed by atoms with van der Waals surface area (Å²) in [6.45, 7) is -0.274. The number of hydrogen-bond donors (Lipinski definition) is 4. The normalized spacial score (nSPS) is 15.9. The minimum Gasteiger partial charge on any atom is -0.395 e. The smallest absolute Gasteiger partial charge is 0.268 e. The van der Waals surface area contributed by atoms with E-state index in [9.17, 15) is 14.4 Å². The molecule has 2 aromatic heterocycles. The maximum absolute atomic E-state index is 13.1. The number of aliphatic hydroxyl groups excluding tert-OH is 1. The lowest BCUT2D eigenvalue weighted by molar-refractivity contribution is -0.125. The standard InChI is InChI=1S/C20H19ClN4O4S/c21-16-9-12-8-13(24-19(12)30-16)18(28)23-14-7-11-3-1-2-4-15(11)25(20(14)29)10-17(27)22-5-6-26/h1-4,8-9,14,24,26H,5-7,10H2,(H,22,27)(H,23,28). The molecule has 30 heavy (non-hydrogen) atoms. The second-order valence-corrected chi connectivity index (χ2v) is 8.56. The third kappa shape index (κ3) is 4.04. The molecule has 1 aromatic carbocycles. The summed E-state index contributed by atoms with van der Waals surface area (Å²) in [6.07, 6.45) is 0.330. The predicted octanol–water partition coefficient (Wildman–Crippen LogP) is 1.68. The molecular formula is C20H19ClN4O4S. The average Bonchev–Trinajstić information content (AvgIpc) is 3.27. The monoisotopic (exact) mass is 446 g/mol. The maximum atomic E-state index is 13.1. The number of nitrogens with zero attached hydrogens (tertiary/aromatic N) is 1. The quantitative estimate of drug-likeness (QED) is 0.461. The number of carbonyl (C=O) groups excluding carboxylic acids is 3. The van der Waals surface area contributed by atoms with Crippen LogP contribution < -0.4 is 15.5 Å². The molecule has 8 nitrogen and oxygen atoms in total. The number of aromatic nitrogens is 1. The number of H-pyrrole nitrogens is 1. The molecule has 1 atom stereocenters. The first-order valence-corrected chi connectivity index (χ1v) is 10.5. The Labute approximate surface area is 180 Å². The highest BCUT2D eigenvalue weighted by Crippen LogP contribution is 2.30. The number of hydrogen-bond acceptors (Lipinski definition) is 5. The van der Waals surface area contributed by atoms with Crippen molar-refractivity contribution in [3.63, 3.8) is 0 Å². The fourth-order valence-electron chi connectivity index (χ4n) is 3.48. The number of para-hydroxylation sites is 1. The topological polar surface area (TPSA) is 115 Å². The van der Waals surface area contributed by atoms with Crippen LogP contribution in [0, 0.1) is 0 Å². The van der Waals surface area contributed by atoms with Crippen molar-refractivity contribution < 1.29 is 19.5 Å². The predicted molar refractivity (Wildman–Crippen MR) is 115 cm³/mol. The van der Waals surface area contributed by atoms with Crippen LogP contribution in [0.15, 0.2) is 36.4 Å². The number of amides is 3. The van der Waals surface area contributed by atoms with Gasteiger partial charge in [-0.05, 0) is 23.8 Å². The van der Waals surface area contributed by atoms with Crippen LogP contribution >= 0.6 is 22.9 Å². The number of rotatable bonds is 6. The Bertz CT molecular complexity index is 1090. The maximum Gasteiger partial charge on any atom is 0.268 e. The van der Waals surface area contributed by atoms with Crippen molar-refractivity contribution in [1.82, 2.24) is 15.6 Å². The van der Waals surface area contributed by atoms with E-state index in [4.69, 9.17) is 16.7 Å². The third-order valence-corrected chi connectivity index (χ3v) is 6.03. The molecular weight excluding hydrogens is 428 g/mol. The zero-order valence-electron chi connectivity index (χ0n) is 15.8. The summed E-state index contributed by atoms with van der Waals surface area (Å²) in [5.41, 5.74) is 1.84. The number of thiophene rings is 1. The van der Waals surface area contributed by atoms with Gasteiger partial charge >= 0.3 is 0 Å². The van der Waals surface area contributed by atoms with E-state index in [1.54, 1.807) is 24.3 Å². The molecule has 0 aliphatic carbocycles. The van der Waals surface area contributed by atoms with Crippen LogP contribution in [0.1, 0.15) is 16.1 Å². The summed E-state index contributed by atoms with van der Waals surface area (Å²) in [7, 11) is 0. The van der Waals surface area contributed by atoms with Crippen molar-refractivity contribution in [3.05, 3.63) is 52.0 Å². The summed E-state index contributed by atoms with van der Waals surface area (Å²) < 4.78 is 0.623. The number of benzene rings is 1. The number of carbonyl (C=O) groups is 3. The third-order valence-electron chi connectivity index (χ3n) is 4.83. The van der Waals surface area contributed by atoms with Crippen molar-refractivity contribution in [1.29, 1.82) is 0 Å². The van der Waals surface area contributed by atoms with Crippen LogP contribution in [0.5, 0.6) is 0 Å². The van der Waals surface area contributed by atoms with Gasteiger partial charge in [0.05, 0.1) is 10.9 Å². The van der Waals surface area contributed by atoms with Gasteiger partial charge in [-0.3, -0.25) is 14.4 Å². The number of aliphatic hydroxyl groups is 1. The van der Waals surface area contributed by atoms with Gasteiger partial charge in [0, 0.05) is 24.0 Å². The van der Waals surface area contributed by atoms with E-state index < -0.39 is 11.9 Å². The molecule has 3 amide bonds. The highest BCUT2D eigenvalue weighted by atomic mass is 35.5. The van der Waals surface area contributed by atoms with Gasteiger partial charge < -0.3 is 25.6 Å². The minimum atomic E-state index is -0.803. The molecule has 0 bridgehead atoms. The van der Waals surface area contributed by atoms with Crippen molar-refractivity contribution in [2.75, 3.05) is 24.6 Å². The van der Waals surface area contributed by atoms with Gasteiger partial charge in [0.25, 0.3) is 5.91 Å². The summed E-state index contributed by atoms with van der Waals surface area (Å²) in [5.74, 6) is -1.16. The highest BCUT2D eigenvalue weighted by Gasteiger charge is 2.35. The van der Waals surface area contributed by atoms with E-state index in [1.807, 2.05) is 12.1 Å².